The number of aliphatic carboxylic acids is 1. The zero-order chi connectivity index (χ0) is 30.9. The van der Waals surface area contributed by atoms with Gasteiger partial charge < -0.3 is 30.5 Å². The summed E-state index contributed by atoms with van der Waals surface area (Å²) in [7, 11) is 0. The van der Waals surface area contributed by atoms with Crippen LogP contribution in [0.4, 0.5) is 10.5 Å². The summed E-state index contributed by atoms with van der Waals surface area (Å²) in [4.78, 5) is 49.6. The first kappa shape index (κ1) is 31.1. The van der Waals surface area contributed by atoms with E-state index in [-0.39, 0.29) is 12.5 Å². The Morgan fingerprint density at radius 3 is 2.58 bits per heavy atom. The number of hydrogen-bond donors (Lipinski definition) is 3. The topological polar surface area (TPSA) is 148 Å². The van der Waals surface area contributed by atoms with Crippen molar-refractivity contribution in [3.8, 4) is 16.9 Å². The molecular weight excluding hydrogens is 550 g/mol. The summed E-state index contributed by atoms with van der Waals surface area (Å²) in [5.74, 6) is -1.33. The number of carboxylic acids is 1. The van der Waals surface area contributed by atoms with E-state index in [2.05, 4.69) is 5.32 Å². The molecule has 4 rings (SSSR count). The lowest BCUT2D eigenvalue weighted by atomic mass is 9.91. The van der Waals surface area contributed by atoms with Gasteiger partial charge in [-0.3, -0.25) is 9.59 Å². The van der Waals surface area contributed by atoms with Crippen molar-refractivity contribution in [2.45, 2.75) is 58.6 Å². The molecule has 0 spiro atoms. The van der Waals surface area contributed by atoms with E-state index < -0.39 is 30.4 Å². The van der Waals surface area contributed by atoms with Crippen LogP contribution in [0.2, 0.25) is 0 Å². The van der Waals surface area contributed by atoms with E-state index >= 15 is 0 Å². The van der Waals surface area contributed by atoms with Gasteiger partial charge in [0.25, 0.3) is 0 Å². The van der Waals surface area contributed by atoms with E-state index in [0.717, 1.165) is 46.5 Å². The average Bonchev–Trinajstić information content (AvgIpc) is 2.99. The van der Waals surface area contributed by atoms with Crippen LogP contribution in [0.5, 0.6) is 5.75 Å². The van der Waals surface area contributed by atoms with Crippen LogP contribution in [0.25, 0.3) is 11.1 Å². The van der Waals surface area contributed by atoms with Gasteiger partial charge in [0, 0.05) is 18.7 Å². The van der Waals surface area contributed by atoms with Crippen molar-refractivity contribution < 1.29 is 33.8 Å². The van der Waals surface area contributed by atoms with Gasteiger partial charge in [-0.2, -0.15) is 0 Å². The highest BCUT2D eigenvalue weighted by molar-refractivity contribution is 5.96. The van der Waals surface area contributed by atoms with E-state index in [0.29, 0.717) is 31.6 Å². The maximum atomic E-state index is 13.3. The third-order valence-electron chi connectivity index (χ3n) is 7.50. The number of primary amides is 1. The molecule has 0 aliphatic carbocycles. The summed E-state index contributed by atoms with van der Waals surface area (Å²) >= 11 is 0. The van der Waals surface area contributed by atoms with Crippen LogP contribution < -0.4 is 20.7 Å². The number of nitrogens with two attached hydrogens (primary N) is 1. The van der Waals surface area contributed by atoms with Crippen LogP contribution >= 0.6 is 0 Å². The Morgan fingerprint density at radius 1 is 1.05 bits per heavy atom. The Hall–Kier alpha value is -4.86. The number of aryl methyl sites for hydroxylation is 1. The zero-order valence-corrected chi connectivity index (χ0v) is 24.4. The number of amides is 3. The zero-order valence-electron chi connectivity index (χ0n) is 24.4. The number of anilines is 1. The number of ether oxygens (including phenoxy) is 2. The molecule has 0 unspecified atom stereocenters. The van der Waals surface area contributed by atoms with Crippen molar-refractivity contribution in [2.75, 3.05) is 18.1 Å². The van der Waals surface area contributed by atoms with Crippen molar-refractivity contribution in [3.05, 3.63) is 82.9 Å². The molecule has 0 saturated carbocycles. The van der Waals surface area contributed by atoms with Gasteiger partial charge in [-0.1, -0.05) is 42.5 Å². The molecule has 0 aromatic heterocycles. The van der Waals surface area contributed by atoms with Crippen LogP contribution in [0.1, 0.15) is 47.9 Å². The maximum absolute atomic E-state index is 13.3. The number of rotatable bonds is 12. The molecule has 10 heteroatoms. The first-order valence-corrected chi connectivity index (χ1v) is 14.3. The van der Waals surface area contributed by atoms with Crippen LogP contribution in [0.3, 0.4) is 0 Å². The van der Waals surface area contributed by atoms with Gasteiger partial charge in [0.05, 0.1) is 13.0 Å². The van der Waals surface area contributed by atoms with E-state index in [1.165, 1.54) is 5.56 Å². The molecule has 3 amide bonds. The molecule has 10 nitrogen and oxygen atoms in total. The van der Waals surface area contributed by atoms with Gasteiger partial charge in [0.15, 0.2) is 0 Å². The normalized spacial score (nSPS) is 13.0. The fraction of sp³-hybridized carbons (Fsp3) is 0.333. The van der Waals surface area contributed by atoms with Crippen LogP contribution in [-0.2, 0) is 32.1 Å². The first-order chi connectivity index (χ1) is 20.6. The molecule has 4 N–H and O–H groups in total. The van der Waals surface area contributed by atoms with Crippen molar-refractivity contribution in [3.63, 3.8) is 0 Å². The number of carboxylic acid groups (broad SMARTS) is 1. The minimum absolute atomic E-state index is 0.0619. The summed E-state index contributed by atoms with van der Waals surface area (Å²) < 4.78 is 11.1. The number of hydrogen-bond acceptors (Lipinski definition) is 6. The molecule has 1 aliphatic heterocycles. The average molecular weight is 588 g/mol. The van der Waals surface area contributed by atoms with Gasteiger partial charge in [-0.15, -0.1) is 0 Å². The quantitative estimate of drug-likeness (QED) is 0.261. The predicted molar refractivity (Wildman–Crippen MR) is 162 cm³/mol. The Labute approximate surface area is 250 Å². The summed E-state index contributed by atoms with van der Waals surface area (Å²) in [5, 5.41) is 11.3. The number of benzene rings is 3. The monoisotopic (exact) mass is 587 g/mol. The second-order valence-electron chi connectivity index (χ2n) is 10.6. The van der Waals surface area contributed by atoms with Crippen molar-refractivity contribution in [1.29, 1.82) is 0 Å². The number of nitrogens with zero attached hydrogens (tertiary/aromatic N) is 1. The van der Waals surface area contributed by atoms with Gasteiger partial charge in [-0.25, -0.2) is 9.59 Å². The summed E-state index contributed by atoms with van der Waals surface area (Å²) in [5.41, 5.74) is 11.9. The largest absolute Gasteiger partial charge is 0.493 e. The predicted octanol–water partition coefficient (Wildman–Crippen LogP) is 4.66. The number of fused-ring (bicyclic) bond motifs is 1. The number of carbonyl (C=O) groups is 4. The van der Waals surface area contributed by atoms with Gasteiger partial charge >= 0.3 is 12.1 Å². The maximum Gasteiger partial charge on any atom is 0.408 e. The fourth-order valence-electron chi connectivity index (χ4n) is 5.14. The molecule has 0 fully saturated rings. The molecule has 1 atom stereocenters. The first-order valence-electron chi connectivity index (χ1n) is 14.3. The molecule has 1 heterocycles. The van der Waals surface area contributed by atoms with Crippen LogP contribution in [0, 0.1) is 13.8 Å². The third-order valence-corrected chi connectivity index (χ3v) is 7.50. The summed E-state index contributed by atoms with van der Waals surface area (Å²) in [6, 6.07) is 17.9. The molecule has 0 radical (unpaired) electrons. The van der Waals surface area contributed by atoms with Gasteiger partial charge in [0.1, 0.15) is 18.4 Å². The second kappa shape index (κ2) is 14.4. The van der Waals surface area contributed by atoms with E-state index in [4.69, 9.17) is 15.2 Å². The lowest BCUT2D eigenvalue weighted by Crippen LogP contribution is -2.43. The van der Waals surface area contributed by atoms with Gasteiger partial charge in [0.2, 0.25) is 11.8 Å². The highest BCUT2D eigenvalue weighted by Crippen LogP contribution is 2.36. The standard InChI is InChI=1S/C33H37N3O7/c1-21-8-3-14-29(22(21)2)42-17-7-15-31(38)36-16-6-12-26-25(11-5-13-28(26)36)24-10-4-9-23(18-24)20-43-33(41)35-27(32(39)40)19-30(34)37/h3-5,8-11,13-14,18,27H,6-7,12,15-17,19-20H2,1-2H3,(H2,34,37)(H,35,41)(H,39,40)/t27-/m0/s1. The summed E-state index contributed by atoms with van der Waals surface area (Å²) in [6.07, 6.45) is 1.15. The fourth-order valence-corrected chi connectivity index (χ4v) is 5.14. The molecule has 3 aromatic carbocycles. The number of carbonyl (C=O) groups excluding carboxylic acids is 3. The Morgan fingerprint density at radius 2 is 1.81 bits per heavy atom. The SMILES string of the molecule is Cc1cccc(OCCCC(=O)N2CCCc3c(-c4cccc(COC(=O)N[C@@H](CC(N)=O)C(=O)O)c4)cccc32)c1C. The highest BCUT2D eigenvalue weighted by Gasteiger charge is 2.25. The molecule has 43 heavy (non-hydrogen) atoms. The van der Waals surface area contributed by atoms with E-state index in [9.17, 15) is 24.3 Å². The lowest BCUT2D eigenvalue weighted by Gasteiger charge is -2.31. The van der Waals surface area contributed by atoms with Gasteiger partial charge in [-0.05, 0) is 84.7 Å². The molecule has 0 bridgehead atoms. The minimum Gasteiger partial charge on any atom is -0.493 e. The van der Waals surface area contributed by atoms with Crippen LogP contribution in [-0.4, -0.2) is 48.2 Å². The van der Waals surface area contributed by atoms with Crippen LogP contribution in [0.15, 0.2) is 60.7 Å². The third kappa shape index (κ3) is 8.12. The second-order valence-corrected chi connectivity index (χ2v) is 10.6. The Kier molecular flexibility index (Phi) is 10.4. The summed E-state index contributed by atoms with van der Waals surface area (Å²) in [6.45, 7) is 5.09. The van der Waals surface area contributed by atoms with E-state index in [1.54, 1.807) is 6.07 Å². The highest BCUT2D eigenvalue weighted by atomic mass is 16.5. The molecule has 1 aliphatic rings. The Balaban J connectivity index is 1.39. The van der Waals surface area contributed by atoms with Crippen molar-refractivity contribution in [2.24, 2.45) is 5.73 Å². The Bertz CT molecular complexity index is 1500. The number of alkyl carbamates (subject to hydrolysis) is 1. The number of nitrogens with one attached hydrogen (secondary N) is 1. The molecule has 3 aromatic rings. The van der Waals surface area contributed by atoms with E-state index in [1.807, 2.05) is 73.3 Å². The minimum atomic E-state index is -1.47. The molecule has 226 valence electrons. The molecular formula is C33H37N3O7. The van der Waals surface area contributed by atoms with Crippen molar-refractivity contribution in [1.82, 2.24) is 5.32 Å². The smallest absolute Gasteiger partial charge is 0.408 e. The lowest BCUT2D eigenvalue weighted by molar-refractivity contribution is -0.141. The van der Waals surface area contributed by atoms with Crippen molar-refractivity contribution >= 4 is 29.6 Å². The molecule has 0 saturated heterocycles.